The zero-order chi connectivity index (χ0) is 23.4. The van der Waals surface area contributed by atoms with Crippen LogP contribution in [-0.2, 0) is 23.1 Å². The number of imidazole rings is 1. The predicted molar refractivity (Wildman–Crippen MR) is 118 cm³/mol. The van der Waals surface area contributed by atoms with Gasteiger partial charge in [-0.15, -0.1) is 10.2 Å². The average Bonchev–Trinajstić information content (AvgIpc) is 3.46. The molecule has 2 heterocycles. The van der Waals surface area contributed by atoms with E-state index in [0.29, 0.717) is 16.8 Å². The van der Waals surface area contributed by atoms with Gasteiger partial charge in [-0.05, 0) is 36.8 Å². The van der Waals surface area contributed by atoms with E-state index in [4.69, 9.17) is 4.42 Å². The highest BCUT2D eigenvalue weighted by Crippen LogP contribution is 2.25. The second-order valence-corrected chi connectivity index (χ2v) is 9.34. The molecule has 0 amide bonds. The molecule has 2 aromatic carbocycles. The molecule has 0 fully saturated rings. The van der Waals surface area contributed by atoms with Gasteiger partial charge >= 0.3 is 6.43 Å². The summed E-state index contributed by atoms with van der Waals surface area (Å²) in [4.78, 5) is 4.03. The first-order chi connectivity index (χ1) is 15.8. The van der Waals surface area contributed by atoms with Gasteiger partial charge in [-0.25, -0.2) is 13.4 Å². The molecule has 33 heavy (non-hydrogen) atoms. The Bertz CT molecular complexity index is 1310. The van der Waals surface area contributed by atoms with E-state index in [1.807, 2.05) is 13.0 Å². The summed E-state index contributed by atoms with van der Waals surface area (Å²) >= 11 is 0. The molecule has 0 unspecified atom stereocenters. The standard InChI is InChI=1S/C22H21F2N5O3S/c1-16-13-25-15-28(16)11-12-33(30,31)29(19-5-3-2-4-6-19)14-17-7-9-18(10-8-17)21-26-27-22(32-21)20(23)24/h2-10,13,15,20H,11-12,14H2,1H3. The summed E-state index contributed by atoms with van der Waals surface area (Å²) in [6.07, 6.45) is 0.436. The first kappa shape index (κ1) is 22.6. The van der Waals surface area contributed by atoms with E-state index in [1.54, 1.807) is 65.6 Å². The highest BCUT2D eigenvalue weighted by molar-refractivity contribution is 7.92. The lowest BCUT2D eigenvalue weighted by molar-refractivity contribution is 0.116. The Morgan fingerprint density at radius 1 is 1.06 bits per heavy atom. The topological polar surface area (TPSA) is 94.1 Å². The normalized spacial score (nSPS) is 11.8. The van der Waals surface area contributed by atoms with Crippen LogP contribution in [0.3, 0.4) is 0 Å². The Morgan fingerprint density at radius 2 is 1.79 bits per heavy atom. The Balaban J connectivity index is 1.56. The first-order valence-corrected chi connectivity index (χ1v) is 11.7. The molecule has 0 atom stereocenters. The number of para-hydroxylation sites is 1. The number of hydrogen-bond donors (Lipinski definition) is 0. The third-order valence-corrected chi connectivity index (χ3v) is 6.75. The van der Waals surface area contributed by atoms with Crippen molar-refractivity contribution in [3.63, 3.8) is 0 Å². The molecule has 4 aromatic rings. The monoisotopic (exact) mass is 473 g/mol. The lowest BCUT2D eigenvalue weighted by Gasteiger charge is -2.25. The molecule has 0 radical (unpaired) electrons. The van der Waals surface area contributed by atoms with Crippen molar-refractivity contribution in [3.8, 4) is 11.5 Å². The Hall–Kier alpha value is -3.60. The maximum atomic E-state index is 13.3. The van der Waals surface area contributed by atoms with Gasteiger partial charge < -0.3 is 8.98 Å². The number of aromatic nitrogens is 4. The number of alkyl halides is 2. The van der Waals surface area contributed by atoms with Gasteiger partial charge in [0.1, 0.15) is 0 Å². The van der Waals surface area contributed by atoms with Crippen LogP contribution in [0.5, 0.6) is 0 Å². The predicted octanol–water partition coefficient (Wildman–Crippen LogP) is 4.22. The molecule has 0 spiro atoms. The third-order valence-electron chi connectivity index (χ3n) is 5.04. The van der Waals surface area contributed by atoms with E-state index < -0.39 is 22.3 Å². The van der Waals surface area contributed by atoms with Crippen molar-refractivity contribution >= 4 is 15.7 Å². The average molecular weight is 474 g/mol. The summed E-state index contributed by atoms with van der Waals surface area (Å²) in [5, 5.41) is 6.95. The molecule has 4 rings (SSSR count). The second kappa shape index (κ2) is 9.49. The summed E-state index contributed by atoms with van der Waals surface area (Å²) in [6.45, 7) is 2.24. The van der Waals surface area contributed by atoms with Crippen molar-refractivity contribution in [1.29, 1.82) is 0 Å². The quantitative estimate of drug-likeness (QED) is 0.361. The molecule has 0 aliphatic heterocycles. The fraction of sp³-hybridized carbons (Fsp3) is 0.227. The molecule has 0 bridgehead atoms. The zero-order valence-electron chi connectivity index (χ0n) is 17.7. The van der Waals surface area contributed by atoms with Gasteiger partial charge in [0.05, 0.1) is 24.3 Å². The van der Waals surface area contributed by atoms with Crippen LogP contribution in [0.1, 0.15) is 23.6 Å². The van der Waals surface area contributed by atoms with Crippen molar-refractivity contribution < 1.29 is 21.6 Å². The number of anilines is 1. The van der Waals surface area contributed by atoms with Crippen molar-refractivity contribution in [1.82, 2.24) is 19.7 Å². The van der Waals surface area contributed by atoms with Crippen molar-refractivity contribution in [2.45, 2.75) is 26.4 Å². The summed E-state index contributed by atoms with van der Waals surface area (Å²) in [7, 11) is -3.67. The number of aryl methyl sites for hydroxylation is 2. The van der Waals surface area contributed by atoms with Crippen molar-refractivity contribution in [2.75, 3.05) is 10.1 Å². The van der Waals surface area contributed by atoms with E-state index in [2.05, 4.69) is 15.2 Å². The number of hydrogen-bond acceptors (Lipinski definition) is 6. The van der Waals surface area contributed by atoms with Crippen LogP contribution in [0.25, 0.3) is 11.5 Å². The molecule has 0 aliphatic rings. The highest BCUT2D eigenvalue weighted by Gasteiger charge is 2.23. The maximum Gasteiger partial charge on any atom is 0.314 e. The maximum absolute atomic E-state index is 13.3. The van der Waals surface area contributed by atoms with Crippen LogP contribution >= 0.6 is 0 Å². The molecule has 0 saturated carbocycles. The Morgan fingerprint density at radius 3 is 2.39 bits per heavy atom. The van der Waals surface area contributed by atoms with E-state index in [0.717, 1.165) is 5.69 Å². The van der Waals surface area contributed by atoms with Gasteiger partial charge in [0.15, 0.2) is 0 Å². The van der Waals surface area contributed by atoms with E-state index >= 15 is 0 Å². The van der Waals surface area contributed by atoms with Crippen molar-refractivity contribution in [3.05, 3.63) is 84.3 Å². The van der Waals surface area contributed by atoms with Crippen molar-refractivity contribution in [2.24, 2.45) is 0 Å². The Kier molecular flexibility index (Phi) is 6.50. The van der Waals surface area contributed by atoms with E-state index in [9.17, 15) is 17.2 Å². The molecule has 8 nitrogen and oxygen atoms in total. The van der Waals surface area contributed by atoms with Gasteiger partial charge in [-0.2, -0.15) is 8.78 Å². The van der Waals surface area contributed by atoms with Crippen LogP contribution in [0.15, 0.2) is 71.5 Å². The number of nitrogens with zero attached hydrogens (tertiary/aromatic N) is 5. The number of halogens is 2. The van der Waals surface area contributed by atoms with E-state index in [-0.39, 0.29) is 24.7 Å². The molecule has 0 aliphatic carbocycles. The van der Waals surface area contributed by atoms with Crippen LogP contribution in [-0.4, -0.2) is 33.9 Å². The van der Waals surface area contributed by atoms with Gasteiger partial charge in [0.2, 0.25) is 15.9 Å². The molecule has 0 N–H and O–H groups in total. The number of benzene rings is 2. The minimum atomic E-state index is -3.67. The molecule has 2 aromatic heterocycles. The van der Waals surface area contributed by atoms with Crippen LogP contribution in [0, 0.1) is 6.92 Å². The lowest BCUT2D eigenvalue weighted by atomic mass is 10.1. The zero-order valence-corrected chi connectivity index (χ0v) is 18.5. The fourth-order valence-electron chi connectivity index (χ4n) is 3.25. The van der Waals surface area contributed by atoms with Gasteiger partial charge in [-0.3, -0.25) is 4.31 Å². The first-order valence-electron chi connectivity index (χ1n) is 10.1. The van der Waals surface area contributed by atoms with Gasteiger partial charge in [0.25, 0.3) is 5.89 Å². The molecule has 11 heteroatoms. The molecular formula is C22H21F2N5O3S. The largest absolute Gasteiger partial charge is 0.415 e. The van der Waals surface area contributed by atoms with Crippen LogP contribution in [0.4, 0.5) is 14.5 Å². The fourth-order valence-corrected chi connectivity index (χ4v) is 4.68. The summed E-state index contributed by atoms with van der Waals surface area (Å²) < 4.78 is 60.1. The minimum absolute atomic E-state index is 0.0277. The summed E-state index contributed by atoms with van der Waals surface area (Å²) in [6, 6.07) is 15.5. The number of rotatable bonds is 9. The third kappa shape index (κ3) is 5.25. The second-order valence-electron chi connectivity index (χ2n) is 7.33. The number of sulfonamides is 1. The smallest absolute Gasteiger partial charge is 0.314 e. The van der Waals surface area contributed by atoms with E-state index in [1.165, 1.54) is 4.31 Å². The Labute approximate surface area is 189 Å². The molecule has 0 saturated heterocycles. The van der Waals surface area contributed by atoms with Gasteiger partial charge in [-0.1, -0.05) is 30.3 Å². The lowest BCUT2D eigenvalue weighted by Crippen LogP contribution is -2.34. The molecule has 172 valence electrons. The SMILES string of the molecule is Cc1cncn1CCS(=O)(=O)N(Cc1ccc(-c2nnc(C(F)F)o2)cc1)c1ccccc1. The van der Waals surface area contributed by atoms with Crippen LogP contribution in [0.2, 0.25) is 0 Å². The minimum Gasteiger partial charge on any atom is -0.415 e. The van der Waals surface area contributed by atoms with Gasteiger partial charge in [0, 0.05) is 24.0 Å². The molecular weight excluding hydrogens is 452 g/mol. The summed E-state index contributed by atoms with van der Waals surface area (Å²) in [5.41, 5.74) is 2.59. The highest BCUT2D eigenvalue weighted by atomic mass is 32.2. The van der Waals surface area contributed by atoms with Crippen LogP contribution < -0.4 is 4.31 Å². The summed E-state index contributed by atoms with van der Waals surface area (Å²) in [5.74, 6) is -0.876.